The summed E-state index contributed by atoms with van der Waals surface area (Å²) < 4.78 is 2.78. The van der Waals surface area contributed by atoms with Gasteiger partial charge in [-0.25, -0.2) is 0 Å². The van der Waals surface area contributed by atoms with Gasteiger partial charge < -0.3 is 4.90 Å². The Balaban J connectivity index is 1.20. The molecule has 1 aromatic heterocycles. The van der Waals surface area contributed by atoms with E-state index in [1.165, 1.54) is 84.8 Å². The van der Waals surface area contributed by atoms with E-state index >= 15 is 0 Å². The Morgan fingerprint density at radius 1 is 0.468 bits per heavy atom. The minimum atomic E-state index is -1.23. The number of para-hydroxylation sites is 1. The molecule has 0 amide bonds. The van der Waals surface area contributed by atoms with E-state index in [0.717, 1.165) is 5.69 Å². The number of hydrogen-bond acceptors (Lipinski definition) is 2. The van der Waals surface area contributed by atoms with Crippen LogP contribution in [0.4, 0.5) is 17.1 Å². The molecule has 0 spiro atoms. The maximum Gasteiger partial charge on any atom is 0.0540 e. The van der Waals surface area contributed by atoms with Gasteiger partial charge in [0.15, 0.2) is 0 Å². The highest BCUT2D eigenvalue weighted by molar-refractivity contribution is 8.33. The Morgan fingerprint density at radius 3 is 2.04 bits per heavy atom. The first-order valence-electron chi connectivity index (χ1n) is 16.1. The molecule has 0 aliphatic carbocycles. The summed E-state index contributed by atoms with van der Waals surface area (Å²) in [7, 11) is -1.23. The number of anilines is 3. The molecule has 0 saturated carbocycles. The molecule has 2 heterocycles. The third-order valence-corrected chi connectivity index (χ3v) is 14.2. The highest BCUT2D eigenvalue weighted by Crippen LogP contribution is 2.69. The third-order valence-electron chi connectivity index (χ3n) is 10.1. The van der Waals surface area contributed by atoms with Crippen LogP contribution in [0.3, 0.4) is 0 Å². The molecule has 10 rings (SSSR count). The highest BCUT2D eigenvalue weighted by atomic mass is 32.3. The van der Waals surface area contributed by atoms with E-state index in [2.05, 4.69) is 169 Å². The van der Waals surface area contributed by atoms with E-state index < -0.39 is 10.0 Å². The summed E-state index contributed by atoms with van der Waals surface area (Å²) in [6, 6.07) is 56.4. The zero-order chi connectivity index (χ0) is 31.3. The number of benzene rings is 8. The van der Waals surface area contributed by atoms with E-state index in [9.17, 15) is 0 Å². The number of nitrogens with zero attached hydrogens (tertiary/aromatic N) is 1. The fraction of sp³-hybridized carbons (Fsp3) is 0.0455. The van der Waals surface area contributed by atoms with Crippen LogP contribution in [-0.4, -0.2) is 12.5 Å². The predicted molar refractivity (Wildman–Crippen MR) is 208 cm³/mol. The van der Waals surface area contributed by atoms with Crippen molar-refractivity contribution >= 4 is 90.9 Å². The molecule has 0 bridgehead atoms. The molecule has 0 saturated heterocycles. The quantitative estimate of drug-likeness (QED) is 0.174. The van der Waals surface area contributed by atoms with Crippen molar-refractivity contribution in [3.05, 3.63) is 152 Å². The van der Waals surface area contributed by atoms with Crippen molar-refractivity contribution in [3.63, 3.8) is 0 Å². The lowest BCUT2D eigenvalue weighted by molar-refractivity contribution is 1.28. The molecule has 3 heteroatoms. The zero-order valence-corrected chi connectivity index (χ0v) is 27.8. The maximum atomic E-state index is 2.49. The van der Waals surface area contributed by atoms with E-state index in [0.29, 0.717) is 0 Å². The number of rotatable bonds is 3. The molecule has 8 aromatic carbocycles. The molecule has 9 aromatic rings. The highest BCUT2D eigenvalue weighted by Gasteiger charge is 2.34. The number of thiophene rings is 1. The smallest absolute Gasteiger partial charge is 0.0540 e. The molecule has 224 valence electrons. The van der Waals surface area contributed by atoms with Crippen LogP contribution in [0, 0.1) is 0 Å². The van der Waals surface area contributed by atoms with Gasteiger partial charge in [-0.15, -0.1) is 11.3 Å². The summed E-state index contributed by atoms with van der Waals surface area (Å²) >= 11 is 1.94. The normalized spacial score (nSPS) is 14.2. The van der Waals surface area contributed by atoms with Crippen molar-refractivity contribution in [2.75, 3.05) is 17.4 Å². The Bertz CT molecular complexity index is 2720. The second kappa shape index (κ2) is 9.95. The molecule has 0 unspecified atom stereocenters. The fourth-order valence-corrected chi connectivity index (χ4v) is 11.7. The van der Waals surface area contributed by atoms with Crippen LogP contribution in [0.1, 0.15) is 0 Å². The van der Waals surface area contributed by atoms with Gasteiger partial charge in [-0.05, 0) is 87.5 Å². The van der Waals surface area contributed by atoms with Gasteiger partial charge in [0.25, 0.3) is 0 Å². The van der Waals surface area contributed by atoms with Gasteiger partial charge in [-0.3, -0.25) is 0 Å². The van der Waals surface area contributed by atoms with Crippen molar-refractivity contribution < 1.29 is 0 Å². The van der Waals surface area contributed by atoms with Crippen LogP contribution >= 0.6 is 21.4 Å². The summed E-state index contributed by atoms with van der Waals surface area (Å²) in [6.45, 7) is 0. The zero-order valence-electron chi connectivity index (χ0n) is 26.2. The monoisotopic (exact) mass is 637 g/mol. The van der Waals surface area contributed by atoms with Crippen molar-refractivity contribution in [2.45, 2.75) is 9.79 Å². The lowest BCUT2D eigenvalue weighted by atomic mass is 9.96. The van der Waals surface area contributed by atoms with Gasteiger partial charge >= 0.3 is 0 Å². The maximum absolute atomic E-state index is 2.49. The predicted octanol–water partition coefficient (Wildman–Crippen LogP) is 13.4. The average Bonchev–Trinajstić information content (AvgIpc) is 3.61. The molecular weight excluding hydrogens is 607 g/mol. The van der Waals surface area contributed by atoms with Crippen LogP contribution in [0.25, 0.3) is 63.6 Å². The second-order valence-corrected chi connectivity index (χ2v) is 17.5. The number of fused-ring (bicyclic) bond motifs is 12. The molecule has 0 fully saturated rings. The van der Waals surface area contributed by atoms with Crippen LogP contribution < -0.4 is 4.90 Å². The van der Waals surface area contributed by atoms with Gasteiger partial charge in [0.1, 0.15) is 0 Å². The molecule has 1 aliphatic heterocycles. The fourth-order valence-electron chi connectivity index (χ4n) is 7.89. The topological polar surface area (TPSA) is 3.24 Å². The first-order chi connectivity index (χ1) is 23.1. The summed E-state index contributed by atoms with van der Waals surface area (Å²) in [4.78, 5) is 5.43. The Labute approximate surface area is 279 Å². The Morgan fingerprint density at radius 2 is 1.15 bits per heavy atom. The standard InChI is InChI=1S/C44H31NS2/c1-47(2)41-26-25-37-36-15-8-9-18-40(36)46-44(37)43(41)38-22-20-30(27-42(38)47)45(29-12-4-3-5-13-29)39-17-10-16-32-34-21-19-28-11-6-7-14-31(28)33(34)23-24-35(32)39/h3-27H,1-2H3. The van der Waals surface area contributed by atoms with E-state index in [-0.39, 0.29) is 0 Å². The SMILES string of the molecule is CS1(C)c2cc(N(c3ccccc3)c3cccc4c3ccc3c5ccccc5ccc43)ccc2-c2c1ccc1c2sc2ccccc21. The summed E-state index contributed by atoms with van der Waals surface area (Å²) in [5, 5.41) is 10.4. The molecule has 1 nitrogen and oxygen atoms in total. The van der Waals surface area contributed by atoms with Crippen LogP contribution in [0.2, 0.25) is 0 Å². The Hall–Kier alpha value is -5.09. The minimum Gasteiger partial charge on any atom is -0.310 e. The molecule has 0 radical (unpaired) electrons. The second-order valence-electron chi connectivity index (χ2n) is 12.9. The first kappa shape index (κ1) is 27.1. The molecule has 0 N–H and O–H groups in total. The van der Waals surface area contributed by atoms with Crippen molar-refractivity contribution in [1.82, 2.24) is 0 Å². The molecule has 1 aliphatic rings. The van der Waals surface area contributed by atoms with Gasteiger partial charge in [0.2, 0.25) is 0 Å². The summed E-state index contributed by atoms with van der Waals surface area (Å²) in [5.41, 5.74) is 6.39. The van der Waals surface area contributed by atoms with Crippen molar-refractivity contribution in [1.29, 1.82) is 0 Å². The molecular formula is C44H31NS2. The Kier molecular flexibility index (Phi) is 5.73. The molecule has 0 atom stereocenters. The summed E-state index contributed by atoms with van der Waals surface area (Å²) in [6.07, 6.45) is 4.95. The van der Waals surface area contributed by atoms with Gasteiger partial charge in [0.05, 0.1) is 5.69 Å². The van der Waals surface area contributed by atoms with Crippen molar-refractivity contribution in [2.24, 2.45) is 0 Å². The van der Waals surface area contributed by atoms with Crippen LogP contribution in [-0.2, 0) is 0 Å². The van der Waals surface area contributed by atoms with Gasteiger partial charge in [-0.1, -0.05) is 109 Å². The first-order valence-corrected chi connectivity index (χ1v) is 19.3. The lowest BCUT2D eigenvalue weighted by Crippen LogP contribution is -2.11. The lowest BCUT2D eigenvalue weighted by Gasteiger charge is -2.31. The van der Waals surface area contributed by atoms with Gasteiger partial charge in [-0.2, -0.15) is 10.0 Å². The van der Waals surface area contributed by atoms with E-state index in [1.54, 1.807) is 0 Å². The third kappa shape index (κ3) is 3.85. The number of hydrogen-bond donors (Lipinski definition) is 0. The van der Waals surface area contributed by atoms with Gasteiger partial charge in [0, 0.05) is 52.3 Å². The summed E-state index contributed by atoms with van der Waals surface area (Å²) in [5.74, 6) is 0. The largest absolute Gasteiger partial charge is 0.310 e. The van der Waals surface area contributed by atoms with E-state index in [1.807, 2.05) is 11.3 Å². The van der Waals surface area contributed by atoms with E-state index in [4.69, 9.17) is 0 Å². The molecule has 47 heavy (non-hydrogen) atoms. The van der Waals surface area contributed by atoms with Crippen LogP contribution in [0.15, 0.2) is 161 Å². The minimum absolute atomic E-state index is 1.16. The van der Waals surface area contributed by atoms with Crippen LogP contribution in [0.5, 0.6) is 0 Å². The average molecular weight is 638 g/mol. The van der Waals surface area contributed by atoms with Crippen molar-refractivity contribution in [3.8, 4) is 11.1 Å².